The summed E-state index contributed by atoms with van der Waals surface area (Å²) in [5.74, 6) is -4.18. The number of ketones is 1. The number of anilines is 1. The predicted molar refractivity (Wildman–Crippen MR) is 108 cm³/mol. The minimum Gasteiger partial charge on any atom is -0.507 e. The van der Waals surface area contributed by atoms with Crippen LogP contribution in [0.3, 0.4) is 0 Å². The molecule has 2 heterocycles. The number of rotatable bonds is 4. The Labute approximate surface area is 176 Å². The van der Waals surface area contributed by atoms with Gasteiger partial charge >= 0.3 is 0 Å². The predicted octanol–water partition coefficient (Wildman–Crippen LogP) is 3.99. The quantitative estimate of drug-likeness (QED) is 0.391. The highest BCUT2D eigenvalue weighted by atomic mass is 19.2. The zero-order valence-corrected chi connectivity index (χ0v) is 16.3. The van der Waals surface area contributed by atoms with Gasteiger partial charge in [-0.15, -0.1) is 0 Å². The molecule has 0 radical (unpaired) electrons. The number of aliphatic hydroxyl groups excluding tert-OH is 1. The van der Waals surface area contributed by atoms with Crippen molar-refractivity contribution in [2.45, 2.75) is 6.04 Å². The number of aromatic nitrogens is 1. The number of benzene rings is 2. The van der Waals surface area contributed by atoms with Crippen molar-refractivity contribution < 1.29 is 28.2 Å². The fourth-order valence-electron chi connectivity index (χ4n) is 3.51. The van der Waals surface area contributed by atoms with Gasteiger partial charge in [0.1, 0.15) is 11.5 Å². The Morgan fingerprint density at radius 1 is 1.06 bits per heavy atom. The van der Waals surface area contributed by atoms with E-state index in [0.29, 0.717) is 11.3 Å². The molecular formula is C23H16F2N2O4. The lowest BCUT2D eigenvalue weighted by atomic mass is 9.96. The standard InChI is InChI=1S/C23H16F2N2O4/c1-31-16-6-2-4-13(10-16)21(28)19-20(14-5-3-9-26-12-14)27(23(30)22(19)29)15-7-8-17(24)18(25)11-15/h2-12,20,28H,1H3/b21-19+. The minimum atomic E-state index is -1.17. The zero-order chi connectivity index (χ0) is 22.1. The molecule has 1 aromatic heterocycles. The molecule has 8 heteroatoms. The van der Waals surface area contributed by atoms with Crippen molar-refractivity contribution in [3.8, 4) is 5.75 Å². The number of pyridine rings is 1. The summed E-state index contributed by atoms with van der Waals surface area (Å²) >= 11 is 0. The monoisotopic (exact) mass is 422 g/mol. The van der Waals surface area contributed by atoms with E-state index in [4.69, 9.17) is 4.74 Å². The number of methoxy groups -OCH3 is 1. The van der Waals surface area contributed by atoms with Gasteiger partial charge in [0.05, 0.1) is 18.7 Å². The number of nitrogens with zero attached hydrogens (tertiary/aromatic N) is 2. The van der Waals surface area contributed by atoms with Crippen LogP contribution in [0.2, 0.25) is 0 Å². The fourth-order valence-corrected chi connectivity index (χ4v) is 3.51. The molecule has 0 aliphatic carbocycles. The molecule has 2 aromatic carbocycles. The van der Waals surface area contributed by atoms with Crippen LogP contribution in [0.25, 0.3) is 5.76 Å². The largest absolute Gasteiger partial charge is 0.507 e. The minimum absolute atomic E-state index is 0.0282. The van der Waals surface area contributed by atoms with Crippen molar-refractivity contribution in [3.63, 3.8) is 0 Å². The summed E-state index contributed by atoms with van der Waals surface area (Å²) in [7, 11) is 1.46. The summed E-state index contributed by atoms with van der Waals surface area (Å²) in [5, 5.41) is 11.0. The Bertz CT molecular complexity index is 1210. The molecule has 1 fully saturated rings. The third-order valence-electron chi connectivity index (χ3n) is 4.97. The van der Waals surface area contributed by atoms with E-state index >= 15 is 0 Å². The van der Waals surface area contributed by atoms with Crippen molar-refractivity contribution in [1.82, 2.24) is 4.98 Å². The highest BCUT2D eigenvalue weighted by Gasteiger charge is 2.47. The van der Waals surface area contributed by atoms with Crippen LogP contribution in [0.1, 0.15) is 17.2 Å². The molecule has 1 aliphatic heterocycles. The number of hydrogen-bond acceptors (Lipinski definition) is 5. The Hall–Kier alpha value is -4.07. The molecule has 1 saturated heterocycles. The number of halogens is 2. The highest BCUT2D eigenvalue weighted by molar-refractivity contribution is 6.51. The van der Waals surface area contributed by atoms with Gasteiger partial charge in [-0.3, -0.25) is 19.5 Å². The molecular weight excluding hydrogens is 406 g/mol. The van der Waals surface area contributed by atoms with Crippen LogP contribution in [0.15, 0.2) is 72.6 Å². The molecule has 0 saturated carbocycles. The van der Waals surface area contributed by atoms with Crippen molar-refractivity contribution in [3.05, 3.63) is 95.3 Å². The van der Waals surface area contributed by atoms with Gasteiger partial charge in [0.15, 0.2) is 11.6 Å². The van der Waals surface area contributed by atoms with Crippen LogP contribution in [-0.4, -0.2) is 28.9 Å². The van der Waals surface area contributed by atoms with E-state index < -0.39 is 35.1 Å². The molecule has 1 aliphatic rings. The molecule has 156 valence electrons. The number of hydrogen-bond donors (Lipinski definition) is 1. The maximum Gasteiger partial charge on any atom is 0.300 e. The van der Waals surface area contributed by atoms with E-state index in [1.54, 1.807) is 30.3 Å². The summed E-state index contributed by atoms with van der Waals surface area (Å²) in [6, 6.07) is 11.4. The lowest BCUT2D eigenvalue weighted by Crippen LogP contribution is -2.29. The second-order valence-electron chi connectivity index (χ2n) is 6.79. The summed E-state index contributed by atoms with van der Waals surface area (Å²) < 4.78 is 32.5. The van der Waals surface area contributed by atoms with Gasteiger partial charge in [-0.25, -0.2) is 8.78 Å². The van der Waals surface area contributed by atoms with Gasteiger partial charge in [-0.05, 0) is 35.9 Å². The lowest BCUT2D eigenvalue weighted by Gasteiger charge is -2.25. The van der Waals surface area contributed by atoms with Crippen molar-refractivity contribution in [2.75, 3.05) is 12.0 Å². The second-order valence-corrected chi connectivity index (χ2v) is 6.79. The average molecular weight is 422 g/mol. The van der Waals surface area contributed by atoms with E-state index in [-0.39, 0.29) is 16.8 Å². The average Bonchev–Trinajstić information content (AvgIpc) is 3.06. The summed E-state index contributed by atoms with van der Waals surface area (Å²) in [5.41, 5.74) is 0.447. The van der Waals surface area contributed by atoms with Gasteiger partial charge in [-0.2, -0.15) is 0 Å². The molecule has 6 nitrogen and oxygen atoms in total. The summed E-state index contributed by atoms with van der Waals surface area (Å²) in [6.45, 7) is 0. The van der Waals surface area contributed by atoms with E-state index in [1.165, 1.54) is 31.6 Å². The number of aliphatic hydroxyl groups is 1. The van der Waals surface area contributed by atoms with Crippen LogP contribution in [0, 0.1) is 11.6 Å². The molecule has 3 aromatic rings. The smallest absolute Gasteiger partial charge is 0.300 e. The first-order valence-corrected chi connectivity index (χ1v) is 9.22. The van der Waals surface area contributed by atoms with Crippen LogP contribution < -0.4 is 9.64 Å². The van der Waals surface area contributed by atoms with E-state index in [9.17, 15) is 23.5 Å². The number of carbonyl (C=O) groups is 2. The summed E-state index contributed by atoms with van der Waals surface area (Å²) in [4.78, 5) is 30.9. The zero-order valence-electron chi connectivity index (χ0n) is 16.3. The maximum absolute atomic E-state index is 13.9. The van der Waals surface area contributed by atoms with Crippen molar-refractivity contribution in [2.24, 2.45) is 0 Å². The van der Waals surface area contributed by atoms with Crippen molar-refractivity contribution in [1.29, 1.82) is 0 Å². The molecule has 1 atom stereocenters. The van der Waals surface area contributed by atoms with Crippen LogP contribution in [0.5, 0.6) is 5.75 Å². The number of carbonyl (C=O) groups excluding carboxylic acids is 2. The topological polar surface area (TPSA) is 79.7 Å². The molecule has 4 rings (SSSR count). The SMILES string of the molecule is COc1cccc(/C(O)=C2\C(=O)C(=O)N(c3ccc(F)c(F)c3)C2c2cccnc2)c1. The number of Topliss-reactive ketones (excluding diaryl/α,β-unsaturated/α-hetero) is 1. The highest BCUT2D eigenvalue weighted by Crippen LogP contribution is 2.42. The third kappa shape index (κ3) is 3.52. The first kappa shape index (κ1) is 20.2. The fraction of sp³-hybridized carbons (Fsp3) is 0.0870. The lowest BCUT2D eigenvalue weighted by molar-refractivity contribution is -0.132. The van der Waals surface area contributed by atoms with Crippen LogP contribution >= 0.6 is 0 Å². The second kappa shape index (κ2) is 7.98. The maximum atomic E-state index is 13.9. The Morgan fingerprint density at radius 2 is 1.87 bits per heavy atom. The summed E-state index contributed by atoms with van der Waals surface area (Å²) in [6.07, 6.45) is 2.94. The van der Waals surface area contributed by atoms with E-state index in [2.05, 4.69) is 4.98 Å². The Kier molecular flexibility index (Phi) is 5.21. The van der Waals surface area contributed by atoms with Gasteiger partial charge < -0.3 is 9.84 Å². The van der Waals surface area contributed by atoms with Crippen LogP contribution in [0.4, 0.5) is 14.5 Å². The van der Waals surface area contributed by atoms with Crippen molar-refractivity contribution >= 4 is 23.1 Å². The Balaban J connectivity index is 1.94. The van der Waals surface area contributed by atoms with Gasteiger partial charge in [0.2, 0.25) is 0 Å². The Morgan fingerprint density at radius 3 is 2.55 bits per heavy atom. The molecule has 1 amide bonds. The van der Waals surface area contributed by atoms with E-state index in [1.807, 2.05) is 0 Å². The molecule has 0 spiro atoms. The van der Waals surface area contributed by atoms with Gasteiger partial charge in [0, 0.05) is 29.7 Å². The number of ether oxygens (including phenoxy) is 1. The molecule has 1 unspecified atom stereocenters. The van der Waals surface area contributed by atoms with Crippen LogP contribution in [-0.2, 0) is 9.59 Å². The first-order valence-electron chi connectivity index (χ1n) is 9.22. The first-order chi connectivity index (χ1) is 14.9. The third-order valence-corrected chi connectivity index (χ3v) is 4.97. The molecule has 31 heavy (non-hydrogen) atoms. The van der Waals surface area contributed by atoms with Gasteiger partial charge in [-0.1, -0.05) is 18.2 Å². The molecule has 0 bridgehead atoms. The molecule has 1 N–H and O–H groups in total. The number of amides is 1. The van der Waals surface area contributed by atoms with Gasteiger partial charge in [0.25, 0.3) is 11.7 Å². The van der Waals surface area contributed by atoms with E-state index in [0.717, 1.165) is 17.0 Å². The normalized spacial score (nSPS) is 17.8.